The number of rotatable bonds is 4. The van der Waals surface area contributed by atoms with Crippen molar-refractivity contribution in [3.63, 3.8) is 0 Å². The number of nitrogens with zero attached hydrogens (tertiary/aromatic N) is 1. The lowest BCUT2D eigenvalue weighted by molar-refractivity contribution is -0.117. The minimum absolute atomic E-state index is 0.182. The van der Waals surface area contributed by atoms with Crippen molar-refractivity contribution in [2.24, 2.45) is 5.73 Å². The lowest BCUT2D eigenvalue weighted by Gasteiger charge is -2.10. The van der Waals surface area contributed by atoms with Gasteiger partial charge in [-0.1, -0.05) is 17.3 Å². The van der Waals surface area contributed by atoms with Gasteiger partial charge in [0.1, 0.15) is 17.7 Å². The van der Waals surface area contributed by atoms with Gasteiger partial charge >= 0.3 is 0 Å². The highest BCUT2D eigenvalue weighted by molar-refractivity contribution is 5.94. The zero-order valence-corrected chi connectivity index (χ0v) is 9.54. The maximum Gasteiger partial charge on any atom is 0.241 e. The highest BCUT2D eigenvalue weighted by Gasteiger charge is 2.14. The highest BCUT2D eigenvalue weighted by Crippen LogP contribution is 2.11. The second-order valence-corrected chi connectivity index (χ2v) is 3.88. The van der Waals surface area contributed by atoms with Crippen LogP contribution in [0.2, 0.25) is 0 Å². The molecule has 1 heterocycles. The number of phenolic OH excluding ortho intramolecular Hbond substituents is 1. The summed E-state index contributed by atoms with van der Waals surface area (Å²) in [6.07, 6.45) is 3.10. The first-order valence-corrected chi connectivity index (χ1v) is 5.39. The number of benzene rings is 1. The summed E-state index contributed by atoms with van der Waals surface area (Å²) in [7, 11) is 0. The van der Waals surface area contributed by atoms with Gasteiger partial charge in [0.25, 0.3) is 0 Å². The summed E-state index contributed by atoms with van der Waals surface area (Å²) < 4.78 is 4.59. The van der Waals surface area contributed by atoms with Crippen LogP contribution in [0.25, 0.3) is 0 Å². The van der Waals surface area contributed by atoms with Crippen molar-refractivity contribution < 1.29 is 14.4 Å². The molecule has 1 aromatic carbocycles. The van der Waals surface area contributed by atoms with Crippen LogP contribution in [-0.4, -0.2) is 22.2 Å². The average molecular weight is 247 g/mol. The molecule has 18 heavy (non-hydrogen) atoms. The molecule has 0 aliphatic carbocycles. The lowest BCUT2D eigenvalue weighted by Crippen LogP contribution is -2.37. The van der Waals surface area contributed by atoms with Crippen LogP contribution in [0.3, 0.4) is 0 Å². The molecule has 6 nitrogen and oxygen atoms in total. The highest BCUT2D eigenvalue weighted by atomic mass is 16.5. The van der Waals surface area contributed by atoms with E-state index in [0.717, 1.165) is 5.56 Å². The molecule has 0 unspecified atom stereocenters. The summed E-state index contributed by atoms with van der Waals surface area (Å²) in [4.78, 5) is 11.7. The van der Waals surface area contributed by atoms with E-state index in [4.69, 9.17) is 10.8 Å². The first-order chi connectivity index (χ1) is 8.65. The zero-order chi connectivity index (χ0) is 13.0. The Hall–Kier alpha value is -2.34. The largest absolute Gasteiger partial charge is 0.508 e. The molecule has 0 fully saturated rings. The summed E-state index contributed by atoms with van der Waals surface area (Å²) in [5.41, 5.74) is 7.13. The quantitative estimate of drug-likeness (QED) is 0.744. The Morgan fingerprint density at radius 3 is 2.78 bits per heavy atom. The smallest absolute Gasteiger partial charge is 0.241 e. The molecule has 0 radical (unpaired) electrons. The zero-order valence-electron chi connectivity index (χ0n) is 9.54. The van der Waals surface area contributed by atoms with E-state index in [-0.39, 0.29) is 11.7 Å². The van der Waals surface area contributed by atoms with Crippen LogP contribution in [0.5, 0.6) is 5.75 Å². The van der Waals surface area contributed by atoms with Crippen LogP contribution in [0.1, 0.15) is 5.56 Å². The van der Waals surface area contributed by atoms with Gasteiger partial charge in [-0.15, -0.1) is 0 Å². The van der Waals surface area contributed by atoms with Crippen molar-refractivity contribution in [2.45, 2.75) is 12.5 Å². The monoisotopic (exact) mass is 247 g/mol. The number of phenols is 1. The number of amides is 1. The standard InChI is InChI=1S/C12H13N3O3/c13-11(5-8-1-3-10(16)4-2-8)12(17)15-9-6-14-18-7-9/h1-4,6-7,11,16H,5,13H2,(H,15,17)/t11-/m0/s1. The fraction of sp³-hybridized carbons (Fsp3) is 0.167. The number of nitrogens with one attached hydrogen (secondary N) is 1. The molecule has 1 amide bonds. The molecular formula is C12H13N3O3. The number of aromatic hydroxyl groups is 1. The van der Waals surface area contributed by atoms with Gasteiger partial charge in [0.05, 0.1) is 12.2 Å². The van der Waals surface area contributed by atoms with E-state index in [0.29, 0.717) is 12.1 Å². The topological polar surface area (TPSA) is 101 Å². The summed E-state index contributed by atoms with van der Waals surface area (Å²) in [5, 5.41) is 15.2. The van der Waals surface area contributed by atoms with E-state index in [1.54, 1.807) is 24.3 Å². The number of aromatic nitrogens is 1. The molecule has 4 N–H and O–H groups in total. The summed E-state index contributed by atoms with van der Waals surface area (Å²) in [6.45, 7) is 0. The predicted molar refractivity (Wildman–Crippen MR) is 64.9 cm³/mol. The molecule has 0 aliphatic heterocycles. The van der Waals surface area contributed by atoms with E-state index in [9.17, 15) is 4.79 Å². The van der Waals surface area contributed by atoms with Gasteiger partial charge in [-0.3, -0.25) is 4.79 Å². The normalized spacial score (nSPS) is 12.1. The number of nitrogens with two attached hydrogens (primary N) is 1. The number of carbonyl (C=O) groups excluding carboxylic acids is 1. The summed E-state index contributed by atoms with van der Waals surface area (Å²) >= 11 is 0. The Labute approximate surface area is 103 Å². The maximum absolute atomic E-state index is 11.7. The van der Waals surface area contributed by atoms with Crippen LogP contribution in [0.15, 0.2) is 41.2 Å². The molecule has 1 aromatic heterocycles. The third kappa shape index (κ3) is 3.08. The van der Waals surface area contributed by atoms with Gasteiger partial charge in [-0.25, -0.2) is 0 Å². The van der Waals surface area contributed by atoms with Crippen LogP contribution in [-0.2, 0) is 11.2 Å². The number of carbonyl (C=O) groups is 1. The molecular weight excluding hydrogens is 234 g/mol. The first-order valence-electron chi connectivity index (χ1n) is 5.39. The molecule has 6 heteroatoms. The molecule has 94 valence electrons. The van der Waals surface area contributed by atoms with Gasteiger partial charge in [0.2, 0.25) is 5.91 Å². The van der Waals surface area contributed by atoms with Crippen LogP contribution in [0, 0.1) is 0 Å². The van der Waals surface area contributed by atoms with Crippen molar-refractivity contribution in [2.75, 3.05) is 5.32 Å². The second kappa shape index (κ2) is 5.33. The number of anilines is 1. The van der Waals surface area contributed by atoms with Crippen molar-refractivity contribution in [1.29, 1.82) is 0 Å². The lowest BCUT2D eigenvalue weighted by atomic mass is 10.1. The molecule has 0 bridgehead atoms. The third-order valence-electron chi connectivity index (χ3n) is 2.43. The second-order valence-electron chi connectivity index (χ2n) is 3.88. The molecule has 0 saturated heterocycles. The summed E-state index contributed by atoms with van der Waals surface area (Å²) in [5.74, 6) is -0.132. The van der Waals surface area contributed by atoms with Crippen LogP contribution >= 0.6 is 0 Å². The molecule has 2 rings (SSSR count). The van der Waals surface area contributed by atoms with Gasteiger partial charge in [-0.05, 0) is 24.1 Å². The van der Waals surface area contributed by atoms with Gasteiger partial charge in [0, 0.05) is 0 Å². The Bertz CT molecular complexity index is 508. The third-order valence-corrected chi connectivity index (χ3v) is 2.43. The van der Waals surface area contributed by atoms with Gasteiger partial charge in [0.15, 0.2) is 0 Å². The minimum atomic E-state index is -0.676. The Morgan fingerprint density at radius 2 is 2.17 bits per heavy atom. The first kappa shape index (κ1) is 12.1. The van der Waals surface area contributed by atoms with Crippen molar-refractivity contribution in [1.82, 2.24) is 5.16 Å². The fourth-order valence-electron chi connectivity index (χ4n) is 1.48. The Morgan fingerprint density at radius 1 is 1.44 bits per heavy atom. The van der Waals surface area contributed by atoms with Gasteiger partial charge in [-0.2, -0.15) is 0 Å². The van der Waals surface area contributed by atoms with Crippen LogP contribution in [0.4, 0.5) is 5.69 Å². The maximum atomic E-state index is 11.7. The van der Waals surface area contributed by atoms with Crippen molar-refractivity contribution in [3.05, 3.63) is 42.3 Å². The van der Waals surface area contributed by atoms with Crippen molar-refractivity contribution >= 4 is 11.6 Å². The average Bonchev–Trinajstić information content (AvgIpc) is 2.85. The van der Waals surface area contributed by atoms with E-state index in [2.05, 4.69) is 15.0 Å². The molecule has 0 spiro atoms. The van der Waals surface area contributed by atoms with Gasteiger partial charge < -0.3 is 20.7 Å². The van der Waals surface area contributed by atoms with E-state index in [1.165, 1.54) is 12.5 Å². The summed E-state index contributed by atoms with van der Waals surface area (Å²) in [6, 6.07) is 5.88. The fourth-order valence-corrected chi connectivity index (χ4v) is 1.48. The van der Waals surface area contributed by atoms with Crippen molar-refractivity contribution in [3.8, 4) is 5.75 Å². The Kier molecular flexibility index (Phi) is 3.59. The molecule has 0 saturated carbocycles. The molecule has 1 atom stereocenters. The molecule has 2 aromatic rings. The van der Waals surface area contributed by atoms with E-state index in [1.807, 2.05) is 0 Å². The molecule has 0 aliphatic rings. The number of hydrogen-bond acceptors (Lipinski definition) is 5. The SMILES string of the molecule is N[C@@H](Cc1ccc(O)cc1)C(=O)Nc1cnoc1. The van der Waals surface area contributed by atoms with E-state index < -0.39 is 6.04 Å². The predicted octanol–water partition coefficient (Wildman–Crippen LogP) is 0.889. The van der Waals surface area contributed by atoms with Crippen LogP contribution < -0.4 is 11.1 Å². The van der Waals surface area contributed by atoms with E-state index >= 15 is 0 Å². The number of hydrogen-bond donors (Lipinski definition) is 3. The Balaban J connectivity index is 1.93. The minimum Gasteiger partial charge on any atom is -0.508 e.